The molecule has 0 bridgehead atoms. The number of anilines is 3. The quantitative estimate of drug-likeness (QED) is 0.619. The molecule has 34 heavy (non-hydrogen) atoms. The molecular weight excluding hydrogens is 424 g/mol. The number of piperazine rings is 1. The van der Waals surface area contributed by atoms with Gasteiger partial charge in [-0.3, -0.25) is 4.79 Å². The van der Waals surface area contributed by atoms with Gasteiger partial charge in [0.1, 0.15) is 0 Å². The second-order valence-corrected chi connectivity index (χ2v) is 10.0. The average molecular weight is 457 g/mol. The summed E-state index contributed by atoms with van der Waals surface area (Å²) in [7, 11) is 2.17. The van der Waals surface area contributed by atoms with Gasteiger partial charge in [-0.2, -0.15) is 0 Å². The van der Waals surface area contributed by atoms with E-state index in [2.05, 4.69) is 70.6 Å². The normalized spacial score (nSPS) is 17.8. The fourth-order valence-corrected chi connectivity index (χ4v) is 4.71. The Bertz CT molecular complexity index is 1230. The lowest BCUT2D eigenvalue weighted by Gasteiger charge is -2.34. The van der Waals surface area contributed by atoms with Crippen molar-refractivity contribution in [3.63, 3.8) is 0 Å². The maximum Gasteiger partial charge on any atom is 0.251 e. The van der Waals surface area contributed by atoms with E-state index in [-0.39, 0.29) is 11.3 Å². The fraction of sp³-hybridized carbons (Fsp3) is 0.370. The molecule has 2 aliphatic heterocycles. The number of fused-ring (bicyclic) bond motifs is 1. The number of nitrogens with zero attached hydrogens (tertiary/aromatic N) is 4. The van der Waals surface area contributed by atoms with Crippen LogP contribution < -0.4 is 15.5 Å². The van der Waals surface area contributed by atoms with Crippen LogP contribution in [0.3, 0.4) is 0 Å². The van der Waals surface area contributed by atoms with Crippen molar-refractivity contribution in [3.8, 4) is 11.3 Å². The Morgan fingerprint density at radius 3 is 2.65 bits per heavy atom. The second kappa shape index (κ2) is 8.72. The van der Waals surface area contributed by atoms with Crippen LogP contribution in [-0.2, 0) is 5.41 Å². The Balaban J connectivity index is 1.42. The van der Waals surface area contributed by atoms with Crippen LogP contribution in [0.25, 0.3) is 11.3 Å². The summed E-state index contributed by atoms with van der Waals surface area (Å²) in [5, 5.41) is 6.38. The molecule has 1 aromatic heterocycles. The largest absolute Gasteiger partial charge is 0.369 e. The third kappa shape index (κ3) is 4.35. The van der Waals surface area contributed by atoms with Gasteiger partial charge in [-0.25, -0.2) is 9.97 Å². The van der Waals surface area contributed by atoms with Crippen molar-refractivity contribution in [1.29, 1.82) is 0 Å². The molecule has 1 amide bonds. The molecule has 5 rings (SSSR count). The molecule has 1 fully saturated rings. The number of rotatable bonds is 4. The minimum Gasteiger partial charge on any atom is -0.369 e. The summed E-state index contributed by atoms with van der Waals surface area (Å²) in [4.78, 5) is 26.5. The van der Waals surface area contributed by atoms with Gasteiger partial charge in [0.25, 0.3) is 5.91 Å². The van der Waals surface area contributed by atoms with Crippen molar-refractivity contribution in [2.45, 2.75) is 26.2 Å². The molecule has 3 heterocycles. The summed E-state index contributed by atoms with van der Waals surface area (Å²) in [5.74, 6) is 0.550. The van der Waals surface area contributed by atoms with E-state index in [9.17, 15) is 4.79 Å². The zero-order valence-electron chi connectivity index (χ0n) is 20.4. The smallest absolute Gasteiger partial charge is 0.251 e. The lowest BCUT2D eigenvalue weighted by molar-refractivity contribution is 0.0930. The third-order valence-electron chi connectivity index (χ3n) is 6.90. The predicted molar refractivity (Wildman–Crippen MR) is 137 cm³/mol. The molecule has 7 heteroatoms. The van der Waals surface area contributed by atoms with E-state index < -0.39 is 0 Å². The molecule has 2 aliphatic rings. The van der Waals surface area contributed by atoms with E-state index in [0.717, 1.165) is 59.8 Å². The Kier molecular flexibility index (Phi) is 5.73. The maximum atomic E-state index is 12.4. The molecule has 0 spiro atoms. The van der Waals surface area contributed by atoms with Crippen LogP contribution in [0, 0.1) is 6.92 Å². The highest BCUT2D eigenvalue weighted by Gasteiger charge is 2.31. The van der Waals surface area contributed by atoms with Gasteiger partial charge in [-0.15, -0.1) is 0 Å². The van der Waals surface area contributed by atoms with Gasteiger partial charge >= 0.3 is 0 Å². The van der Waals surface area contributed by atoms with E-state index >= 15 is 0 Å². The summed E-state index contributed by atoms with van der Waals surface area (Å²) in [6.07, 6.45) is 1.85. The number of benzene rings is 2. The number of hydrogen-bond acceptors (Lipinski definition) is 6. The molecule has 2 N–H and O–H groups in total. The first-order chi connectivity index (χ1) is 16.3. The first-order valence-electron chi connectivity index (χ1n) is 11.9. The van der Waals surface area contributed by atoms with Crippen LogP contribution in [-0.4, -0.2) is 60.5 Å². The van der Waals surface area contributed by atoms with Crippen LogP contribution in [0.2, 0.25) is 0 Å². The van der Waals surface area contributed by atoms with Crippen LogP contribution in [0.5, 0.6) is 0 Å². The molecule has 0 radical (unpaired) electrons. The minimum absolute atomic E-state index is 0.0112. The summed E-state index contributed by atoms with van der Waals surface area (Å²) >= 11 is 0. The SMILES string of the molecule is Cc1cnc(Nc2cccc(N3CCN(C)CC3)c2)nc1-c1ccc2c(c1)C(C)(C)CNC2=O. The number of carbonyl (C=O) groups excluding carboxylic acids is 1. The average Bonchev–Trinajstić information content (AvgIpc) is 2.83. The fourth-order valence-electron chi connectivity index (χ4n) is 4.71. The summed E-state index contributed by atoms with van der Waals surface area (Å²) in [6.45, 7) is 11.1. The molecule has 176 valence electrons. The van der Waals surface area contributed by atoms with E-state index in [1.54, 1.807) is 0 Å². The lowest BCUT2D eigenvalue weighted by atomic mass is 9.78. The first kappa shape index (κ1) is 22.3. The van der Waals surface area contributed by atoms with E-state index in [0.29, 0.717) is 12.5 Å². The Morgan fingerprint density at radius 1 is 1.06 bits per heavy atom. The number of aromatic nitrogens is 2. The Morgan fingerprint density at radius 2 is 1.85 bits per heavy atom. The number of hydrogen-bond donors (Lipinski definition) is 2. The first-order valence-corrected chi connectivity index (χ1v) is 11.9. The molecule has 0 aliphatic carbocycles. The van der Waals surface area contributed by atoms with Crippen LogP contribution >= 0.6 is 0 Å². The molecule has 1 saturated heterocycles. The molecular formula is C27H32N6O. The molecule has 0 atom stereocenters. The summed E-state index contributed by atoms with van der Waals surface area (Å²) in [5.41, 5.74) is 6.70. The molecule has 3 aromatic rings. The maximum absolute atomic E-state index is 12.4. The Hall–Kier alpha value is -3.45. The summed E-state index contributed by atoms with van der Waals surface area (Å²) in [6, 6.07) is 14.4. The highest BCUT2D eigenvalue weighted by molar-refractivity contribution is 5.98. The zero-order chi connectivity index (χ0) is 23.9. The van der Waals surface area contributed by atoms with E-state index in [4.69, 9.17) is 4.98 Å². The van der Waals surface area contributed by atoms with Crippen LogP contribution in [0.4, 0.5) is 17.3 Å². The third-order valence-corrected chi connectivity index (χ3v) is 6.90. The van der Waals surface area contributed by atoms with Crippen LogP contribution in [0.15, 0.2) is 48.7 Å². The van der Waals surface area contributed by atoms with Gasteiger partial charge in [0.15, 0.2) is 0 Å². The van der Waals surface area contributed by atoms with Crippen molar-refractivity contribution in [1.82, 2.24) is 20.2 Å². The molecule has 7 nitrogen and oxygen atoms in total. The number of aryl methyl sites for hydroxylation is 1. The Labute approximate surface area is 201 Å². The van der Waals surface area contributed by atoms with Gasteiger partial charge in [0, 0.05) is 66.8 Å². The van der Waals surface area contributed by atoms with Gasteiger partial charge in [0.05, 0.1) is 5.69 Å². The van der Waals surface area contributed by atoms with Crippen molar-refractivity contribution in [2.24, 2.45) is 0 Å². The number of amides is 1. The highest BCUT2D eigenvalue weighted by atomic mass is 16.1. The topological polar surface area (TPSA) is 73.4 Å². The minimum atomic E-state index is -0.134. The van der Waals surface area contributed by atoms with Crippen molar-refractivity contribution < 1.29 is 4.79 Å². The van der Waals surface area contributed by atoms with Crippen LogP contribution in [0.1, 0.15) is 35.3 Å². The second-order valence-electron chi connectivity index (χ2n) is 10.0. The lowest BCUT2D eigenvalue weighted by Crippen LogP contribution is -2.44. The van der Waals surface area contributed by atoms with E-state index in [1.807, 2.05) is 31.3 Å². The number of likely N-dealkylation sites (N-methyl/N-ethyl adjacent to an activating group) is 1. The number of nitrogens with one attached hydrogen (secondary N) is 2. The van der Waals surface area contributed by atoms with E-state index in [1.165, 1.54) is 5.69 Å². The van der Waals surface area contributed by atoms with Crippen molar-refractivity contribution in [2.75, 3.05) is 50.0 Å². The zero-order valence-corrected chi connectivity index (χ0v) is 20.4. The van der Waals surface area contributed by atoms with Gasteiger partial charge < -0.3 is 20.4 Å². The molecule has 0 saturated carbocycles. The predicted octanol–water partition coefficient (Wildman–Crippen LogP) is 3.97. The molecule has 2 aromatic carbocycles. The van der Waals surface area contributed by atoms with Gasteiger partial charge in [-0.05, 0) is 55.4 Å². The van der Waals surface area contributed by atoms with Gasteiger partial charge in [-0.1, -0.05) is 26.0 Å². The van der Waals surface area contributed by atoms with Crippen molar-refractivity contribution in [3.05, 3.63) is 65.4 Å². The highest BCUT2D eigenvalue weighted by Crippen LogP contribution is 2.34. The monoisotopic (exact) mass is 456 g/mol. The van der Waals surface area contributed by atoms with Crippen molar-refractivity contribution >= 4 is 23.2 Å². The van der Waals surface area contributed by atoms with Gasteiger partial charge in [0.2, 0.25) is 5.95 Å². The standard InChI is InChI=1S/C27H32N6O/c1-18-16-28-26(30-20-6-5-7-21(15-20)33-12-10-32(4)11-13-33)31-24(18)19-8-9-22-23(14-19)27(2,3)17-29-25(22)34/h5-9,14-16H,10-13,17H2,1-4H3,(H,29,34)(H,28,30,31). The molecule has 0 unspecified atom stereocenters. The number of carbonyl (C=O) groups is 1. The summed E-state index contributed by atoms with van der Waals surface area (Å²) < 4.78 is 0.